The molecule has 0 bridgehead atoms. The monoisotopic (exact) mass is 431 g/mol. The highest BCUT2D eigenvalue weighted by Gasteiger charge is 2.29. The van der Waals surface area contributed by atoms with Crippen LogP contribution in [0.1, 0.15) is 19.4 Å². The van der Waals surface area contributed by atoms with Crippen molar-refractivity contribution in [2.45, 2.75) is 20.0 Å². The van der Waals surface area contributed by atoms with Crippen LogP contribution in [0, 0.1) is 0 Å². The average Bonchev–Trinajstić information content (AvgIpc) is 2.44. The number of hydrogen-bond acceptors (Lipinski definition) is 2. The maximum atomic E-state index is 12.4. The standard InChI is InChI=1S/C14H20F3N3O.HI/c1-3-20(4-2)13(18)19-9-10-21-12-7-5-11(6-8-12)14(15,16)17;/h5-8H,3-4,9-10H2,1-2H3,(H2,18,19);1H. The van der Waals surface area contributed by atoms with Crippen LogP contribution in [0.15, 0.2) is 29.3 Å². The Morgan fingerprint density at radius 2 is 1.73 bits per heavy atom. The summed E-state index contributed by atoms with van der Waals surface area (Å²) in [6.45, 7) is 6.10. The van der Waals surface area contributed by atoms with Crippen molar-refractivity contribution in [3.05, 3.63) is 29.8 Å². The highest BCUT2D eigenvalue weighted by molar-refractivity contribution is 14.0. The van der Waals surface area contributed by atoms with Gasteiger partial charge in [-0.3, -0.25) is 0 Å². The molecule has 2 N–H and O–H groups in total. The van der Waals surface area contributed by atoms with Gasteiger partial charge in [-0.05, 0) is 38.1 Å². The fraction of sp³-hybridized carbons (Fsp3) is 0.500. The summed E-state index contributed by atoms with van der Waals surface area (Å²) in [5, 5.41) is 0. The van der Waals surface area contributed by atoms with Crippen molar-refractivity contribution >= 4 is 29.9 Å². The first kappa shape index (κ1) is 20.8. The van der Waals surface area contributed by atoms with Crippen molar-refractivity contribution in [2.24, 2.45) is 10.7 Å². The lowest BCUT2D eigenvalue weighted by molar-refractivity contribution is -0.137. The zero-order chi connectivity index (χ0) is 15.9. The summed E-state index contributed by atoms with van der Waals surface area (Å²) in [7, 11) is 0. The molecule has 0 saturated carbocycles. The van der Waals surface area contributed by atoms with Gasteiger partial charge in [0.25, 0.3) is 0 Å². The van der Waals surface area contributed by atoms with Gasteiger partial charge in [0.1, 0.15) is 12.4 Å². The number of halogens is 4. The molecular formula is C14H21F3IN3O. The van der Waals surface area contributed by atoms with E-state index in [9.17, 15) is 13.2 Å². The van der Waals surface area contributed by atoms with E-state index in [-0.39, 0.29) is 30.6 Å². The van der Waals surface area contributed by atoms with Gasteiger partial charge in [0, 0.05) is 13.1 Å². The van der Waals surface area contributed by atoms with Crippen LogP contribution in [0.4, 0.5) is 13.2 Å². The van der Waals surface area contributed by atoms with Crippen LogP contribution < -0.4 is 10.5 Å². The van der Waals surface area contributed by atoms with Gasteiger partial charge >= 0.3 is 6.18 Å². The van der Waals surface area contributed by atoms with Crippen molar-refractivity contribution in [1.82, 2.24) is 4.90 Å². The molecule has 0 amide bonds. The summed E-state index contributed by atoms with van der Waals surface area (Å²) in [6, 6.07) is 4.56. The number of nitrogens with zero attached hydrogens (tertiary/aromatic N) is 2. The summed E-state index contributed by atoms with van der Waals surface area (Å²) < 4.78 is 42.5. The molecule has 1 aromatic carbocycles. The quantitative estimate of drug-likeness (QED) is 0.325. The number of benzene rings is 1. The molecule has 8 heteroatoms. The van der Waals surface area contributed by atoms with E-state index in [4.69, 9.17) is 10.5 Å². The van der Waals surface area contributed by atoms with E-state index < -0.39 is 11.7 Å². The Balaban J connectivity index is 0.00000441. The molecule has 0 aliphatic heterocycles. The molecule has 1 rings (SSSR count). The van der Waals surface area contributed by atoms with Crippen molar-refractivity contribution in [1.29, 1.82) is 0 Å². The summed E-state index contributed by atoms with van der Waals surface area (Å²) >= 11 is 0. The van der Waals surface area contributed by atoms with Gasteiger partial charge in [0.05, 0.1) is 12.1 Å². The van der Waals surface area contributed by atoms with Gasteiger partial charge in [0.15, 0.2) is 5.96 Å². The van der Waals surface area contributed by atoms with E-state index in [1.54, 1.807) is 0 Å². The Morgan fingerprint density at radius 3 is 2.18 bits per heavy atom. The first-order valence-electron chi connectivity index (χ1n) is 6.73. The molecule has 1 aromatic rings. The molecule has 0 aliphatic carbocycles. The molecule has 0 unspecified atom stereocenters. The second-order valence-corrected chi connectivity index (χ2v) is 4.28. The van der Waals surface area contributed by atoms with Gasteiger partial charge < -0.3 is 15.4 Å². The molecule has 0 radical (unpaired) electrons. The van der Waals surface area contributed by atoms with Gasteiger partial charge in [-0.25, -0.2) is 4.99 Å². The normalized spacial score (nSPS) is 11.8. The summed E-state index contributed by atoms with van der Waals surface area (Å²) in [5.41, 5.74) is 5.09. The minimum Gasteiger partial charge on any atom is -0.492 e. The molecule has 126 valence electrons. The minimum absolute atomic E-state index is 0. The Labute approximate surface area is 145 Å². The first-order chi connectivity index (χ1) is 9.88. The predicted molar refractivity (Wildman–Crippen MR) is 91.8 cm³/mol. The molecule has 0 aromatic heterocycles. The van der Waals surface area contributed by atoms with E-state index in [1.807, 2.05) is 18.7 Å². The number of aliphatic imine (C=N–C) groups is 1. The minimum atomic E-state index is -4.33. The third kappa shape index (κ3) is 6.71. The van der Waals surface area contributed by atoms with Crippen molar-refractivity contribution in [2.75, 3.05) is 26.2 Å². The van der Waals surface area contributed by atoms with Crippen molar-refractivity contribution in [3.63, 3.8) is 0 Å². The largest absolute Gasteiger partial charge is 0.492 e. The third-order valence-electron chi connectivity index (χ3n) is 2.90. The molecule has 0 atom stereocenters. The van der Waals surface area contributed by atoms with Gasteiger partial charge in [0.2, 0.25) is 0 Å². The second kappa shape index (κ2) is 9.75. The first-order valence-corrected chi connectivity index (χ1v) is 6.73. The summed E-state index contributed by atoms with van der Waals surface area (Å²) in [5.74, 6) is 0.815. The smallest absolute Gasteiger partial charge is 0.416 e. The van der Waals surface area contributed by atoms with Gasteiger partial charge in [-0.2, -0.15) is 13.2 Å². The van der Waals surface area contributed by atoms with E-state index in [0.29, 0.717) is 18.3 Å². The zero-order valence-electron chi connectivity index (χ0n) is 12.6. The Bertz CT molecular complexity index is 459. The van der Waals surface area contributed by atoms with Crippen LogP contribution in [0.2, 0.25) is 0 Å². The Kier molecular flexibility index (Phi) is 9.22. The summed E-state index contributed by atoms with van der Waals surface area (Å²) in [4.78, 5) is 6.05. The molecule has 0 fully saturated rings. The number of alkyl halides is 3. The van der Waals surface area contributed by atoms with Crippen molar-refractivity contribution < 1.29 is 17.9 Å². The lowest BCUT2D eigenvalue weighted by Gasteiger charge is -2.19. The lowest BCUT2D eigenvalue weighted by atomic mass is 10.2. The van der Waals surface area contributed by atoms with Crippen LogP contribution in [0.5, 0.6) is 5.75 Å². The van der Waals surface area contributed by atoms with Gasteiger partial charge in [-0.15, -0.1) is 24.0 Å². The SMILES string of the molecule is CCN(CC)C(N)=NCCOc1ccc(C(F)(F)F)cc1.I. The molecular weight excluding hydrogens is 410 g/mol. The van der Waals surface area contributed by atoms with Crippen LogP contribution in [0.3, 0.4) is 0 Å². The summed E-state index contributed by atoms with van der Waals surface area (Å²) in [6.07, 6.45) is -4.33. The number of nitrogens with two attached hydrogens (primary N) is 1. The Hall–Kier alpha value is -1.19. The predicted octanol–water partition coefficient (Wildman–Crippen LogP) is 3.36. The number of guanidine groups is 1. The highest BCUT2D eigenvalue weighted by Crippen LogP contribution is 2.30. The third-order valence-corrected chi connectivity index (χ3v) is 2.90. The highest BCUT2D eigenvalue weighted by atomic mass is 127. The van der Waals surface area contributed by atoms with Crippen molar-refractivity contribution in [3.8, 4) is 5.75 Å². The van der Waals surface area contributed by atoms with Crippen LogP contribution >= 0.6 is 24.0 Å². The fourth-order valence-electron chi connectivity index (χ4n) is 1.71. The van der Waals surface area contributed by atoms with Crippen LogP contribution in [-0.4, -0.2) is 37.1 Å². The van der Waals surface area contributed by atoms with E-state index in [2.05, 4.69) is 4.99 Å². The molecule has 0 spiro atoms. The maximum Gasteiger partial charge on any atom is 0.416 e. The molecule has 22 heavy (non-hydrogen) atoms. The zero-order valence-corrected chi connectivity index (χ0v) is 14.9. The maximum absolute atomic E-state index is 12.4. The number of ether oxygens (including phenoxy) is 1. The van der Waals surface area contributed by atoms with E-state index in [1.165, 1.54) is 12.1 Å². The fourth-order valence-corrected chi connectivity index (χ4v) is 1.71. The van der Waals surface area contributed by atoms with Crippen LogP contribution in [-0.2, 0) is 6.18 Å². The van der Waals surface area contributed by atoms with E-state index in [0.717, 1.165) is 25.2 Å². The molecule has 0 saturated heterocycles. The number of rotatable bonds is 6. The molecule has 0 heterocycles. The topological polar surface area (TPSA) is 50.8 Å². The average molecular weight is 431 g/mol. The Morgan fingerprint density at radius 1 is 1.18 bits per heavy atom. The van der Waals surface area contributed by atoms with Gasteiger partial charge in [-0.1, -0.05) is 0 Å². The molecule has 0 aliphatic rings. The van der Waals surface area contributed by atoms with Crippen LogP contribution in [0.25, 0.3) is 0 Å². The van der Waals surface area contributed by atoms with E-state index >= 15 is 0 Å². The lowest BCUT2D eigenvalue weighted by Crippen LogP contribution is -2.37. The molecule has 4 nitrogen and oxygen atoms in total. The number of hydrogen-bond donors (Lipinski definition) is 1. The second-order valence-electron chi connectivity index (χ2n) is 4.28.